The number of hydrogen-bond acceptors (Lipinski definition) is 2. The summed E-state index contributed by atoms with van der Waals surface area (Å²) in [6, 6.07) is 12.0. The van der Waals surface area contributed by atoms with E-state index in [1.54, 1.807) is 12.1 Å². The molecule has 2 aromatic carbocycles. The van der Waals surface area contributed by atoms with Gasteiger partial charge in [0, 0.05) is 4.47 Å². The first kappa shape index (κ1) is 16.5. The van der Waals surface area contributed by atoms with Crippen LogP contribution in [0.4, 0.5) is 0 Å². The van der Waals surface area contributed by atoms with Crippen molar-refractivity contribution >= 4 is 28.0 Å². The van der Waals surface area contributed by atoms with Gasteiger partial charge in [-0.05, 0) is 43.5 Å². The van der Waals surface area contributed by atoms with Crippen LogP contribution in [0.3, 0.4) is 0 Å². The van der Waals surface area contributed by atoms with Gasteiger partial charge in [0.2, 0.25) is 0 Å². The number of halogens is 1. The van der Waals surface area contributed by atoms with Crippen molar-refractivity contribution in [3.8, 4) is 0 Å². The van der Waals surface area contributed by atoms with Crippen molar-refractivity contribution in [2.45, 2.75) is 20.3 Å². The molecule has 0 aliphatic rings. The van der Waals surface area contributed by atoms with Gasteiger partial charge in [0.25, 0.3) is 0 Å². The topological polar surface area (TPSA) is 26.3 Å². The minimum Gasteiger partial charge on any atom is -0.465 e. The van der Waals surface area contributed by atoms with E-state index in [9.17, 15) is 4.79 Å². The summed E-state index contributed by atoms with van der Waals surface area (Å²) in [7, 11) is 1.38. The summed E-state index contributed by atoms with van der Waals surface area (Å²) in [6.45, 7) is 4.23. The monoisotopic (exact) mass is 358 g/mol. The Hall–Kier alpha value is -1.87. The maximum absolute atomic E-state index is 11.5. The Bertz CT molecular complexity index is 697. The number of esters is 1. The molecule has 0 saturated heterocycles. The average molecular weight is 359 g/mol. The zero-order chi connectivity index (χ0) is 16.1. The molecular weight excluding hydrogens is 340 g/mol. The first-order chi connectivity index (χ1) is 10.5. The van der Waals surface area contributed by atoms with E-state index in [2.05, 4.69) is 60.1 Å². The Labute approximate surface area is 139 Å². The standard InChI is InChI=1S/C19H19BrO2/c1-13-9-14(2)11-15(10-13)5-4-6-16-7-8-17(12-18(16)20)19(21)22-3/h4,6-12H,5H2,1-3H3. The molecule has 0 bridgehead atoms. The van der Waals surface area contributed by atoms with Gasteiger partial charge in [-0.2, -0.15) is 0 Å². The van der Waals surface area contributed by atoms with Gasteiger partial charge in [0.1, 0.15) is 0 Å². The molecule has 114 valence electrons. The van der Waals surface area contributed by atoms with E-state index in [1.807, 2.05) is 6.07 Å². The normalized spacial score (nSPS) is 10.9. The zero-order valence-electron chi connectivity index (χ0n) is 13.0. The summed E-state index contributed by atoms with van der Waals surface area (Å²) >= 11 is 3.50. The molecule has 22 heavy (non-hydrogen) atoms. The number of ether oxygens (including phenoxy) is 1. The van der Waals surface area contributed by atoms with E-state index in [0.717, 1.165) is 16.5 Å². The van der Waals surface area contributed by atoms with Crippen molar-refractivity contribution in [2.24, 2.45) is 0 Å². The number of aryl methyl sites for hydroxylation is 2. The van der Waals surface area contributed by atoms with Crippen LogP contribution < -0.4 is 0 Å². The number of benzene rings is 2. The van der Waals surface area contributed by atoms with Crippen LogP contribution in [0.5, 0.6) is 0 Å². The van der Waals surface area contributed by atoms with Crippen LogP contribution >= 0.6 is 15.9 Å². The number of hydrogen-bond donors (Lipinski definition) is 0. The second-order valence-corrected chi connectivity index (χ2v) is 6.18. The highest BCUT2D eigenvalue weighted by molar-refractivity contribution is 9.10. The molecule has 0 N–H and O–H groups in total. The molecule has 0 heterocycles. The lowest BCUT2D eigenvalue weighted by molar-refractivity contribution is 0.0600. The third-order valence-electron chi connectivity index (χ3n) is 3.35. The lowest BCUT2D eigenvalue weighted by Crippen LogP contribution is -2.00. The summed E-state index contributed by atoms with van der Waals surface area (Å²) in [4.78, 5) is 11.5. The molecule has 2 rings (SSSR count). The maximum atomic E-state index is 11.5. The van der Waals surface area contributed by atoms with Crippen LogP contribution in [0.15, 0.2) is 46.9 Å². The van der Waals surface area contributed by atoms with Crippen molar-refractivity contribution in [1.82, 2.24) is 0 Å². The molecular formula is C19H19BrO2. The third kappa shape index (κ3) is 4.31. The molecule has 0 amide bonds. The molecule has 0 aliphatic heterocycles. The fourth-order valence-corrected chi connectivity index (χ4v) is 2.93. The summed E-state index contributed by atoms with van der Waals surface area (Å²) in [5.74, 6) is -0.327. The van der Waals surface area contributed by atoms with Crippen LogP contribution in [0.25, 0.3) is 6.08 Å². The fourth-order valence-electron chi connectivity index (χ4n) is 2.42. The van der Waals surface area contributed by atoms with Gasteiger partial charge in [-0.15, -0.1) is 0 Å². The van der Waals surface area contributed by atoms with Gasteiger partial charge in [-0.3, -0.25) is 0 Å². The van der Waals surface area contributed by atoms with Gasteiger partial charge in [-0.25, -0.2) is 4.79 Å². The molecule has 0 unspecified atom stereocenters. The minimum absolute atomic E-state index is 0.327. The number of rotatable bonds is 4. The fraction of sp³-hybridized carbons (Fsp3) is 0.211. The number of allylic oxidation sites excluding steroid dienone is 1. The van der Waals surface area contributed by atoms with Crippen LogP contribution in [0.1, 0.15) is 32.6 Å². The van der Waals surface area contributed by atoms with Crippen LogP contribution in [-0.2, 0) is 11.2 Å². The second-order valence-electron chi connectivity index (χ2n) is 5.33. The van der Waals surface area contributed by atoms with Crippen molar-refractivity contribution in [3.63, 3.8) is 0 Å². The van der Waals surface area contributed by atoms with Crippen LogP contribution in [0.2, 0.25) is 0 Å². The Balaban J connectivity index is 2.11. The summed E-state index contributed by atoms with van der Waals surface area (Å²) in [5.41, 5.74) is 5.45. The highest BCUT2D eigenvalue weighted by Gasteiger charge is 2.06. The molecule has 0 atom stereocenters. The SMILES string of the molecule is COC(=O)c1ccc(C=CCc2cc(C)cc(C)c2)c(Br)c1. The molecule has 0 aromatic heterocycles. The van der Waals surface area contributed by atoms with Gasteiger partial charge in [0.05, 0.1) is 12.7 Å². The van der Waals surface area contributed by atoms with Crippen molar-refractivity contribution < 1.29 is 9.53 Å². The lowest BCUT2D eigenvalue weighted by Gasteiger charge is -2.04. The van der Waals surface area contributed by atoms with Gasteiger partial charge in [0.15, 0.2) is 0 Å². The number of carbonyl (C=O) groups excluding carboxylic acids is 1. The molecule has 3 heteroatoms. The predicted molar refractivity (Wildman–Crippen MR) is 94.1 cm³/mol. The van der Waals surface area contributed by atoms with E-state index in [1.165, 1.54) is 23.8 Å². The Morgan fingerprint density at radius 3 is 2.41 bits per heavy atom. The molecule has 0 saturated carbocycles. The summed E-state index contributed by atoms with van der Waals surface area (Å²) in [6.07, 6.45) is 5.07. The van der Waals surface area contributed by atoms with Gasteiger partial charge < -0.3 is 4.74 Å². The number of methoxy groups -OCH3 is 1. The Morgan fingerprint density at radius 1 is 1.14 bits per heavy atom. The van der Waals surface area contributed by atoms with E-state index in [0.29, 0.717) is 5.56 Å². The van der Waals surface area contributed by atoms with Crippen LogP contribution in [0, 0.1) is 13.8 Å². The highest BCUT2D eigenvalue weighted by atomic mass is 79.9. The largest absolute Gasteiger partial charge is 0.465 e. The predicted octanol–water partition coefficient (Wildman–Crippen LogP) is 5.11. The lowest BCUT2D eigenvalue weighted by atomic mass is 10.0. The van der Waals surface area contributed by atoms with Crippen molar-refractivity contribution in [3.05, 3.63) is 74.8 Å². The molecule has 0 radical (unpaired) electrons. The summed E-state index contributed by atoms with van der Waals surface area (Å²) in [5, 5.41) is 0. The maximum Gasteiger partial charge on any atom is 0.337 e. The highest BCUT2D eigenvalue weighted by Crippen LogP contribution is 2.21. The van der Waals surface area contributed by atoms with E-state index >= 15 is 0 Å². The summed E-state index contributed by atoms with van der Waals surface area (Å²) < 4.78 is 5.60. The third-order valence-corrected chi connectivity index (χ3v) is 4.04. The first-order valence-electron chi connectivity index (χ1n) is 7.11. The van der Waals surface area contributed by atoms with Crippen molar-refractivity contribution in [2.75, 3.05) is 7.11 Å². The zero-order valence-corrected chi connectivity index (χ0v) is 14.6. The van der Waals surface area contributed by atoms with Crippen LogP contribution in [-0.4, -0.2) is 13.1 Å². The number of carbonyl (C=O) groups is 1. The quantitative estimate of drug-likeness (QED) is 0.710. The first-order valence-corrected chi connectivity index (χ1v) is 7.90. The molecule has 2 nitrogen and oxygen atoms in total. The van der Waals surface area contributed by atoms with E-state index < -0.39 is 0 Å². The molecule has 0 fully saturated rings. The average Bonchev–Trinajstić information content (AvgIpc) is 2.47. The van der Waals surface area contributed by atoms with E-state index in [4.69, 9.17) is 4.74 Å². The Morgan fingerprint density at radius 2 is 1.82 bits per heavy atom. The van der Waals surface area contributed by atoms with Crippen molar-refractivity contribution in [1.29, 1.82) is 0 Å². The second kappa shape index (κ2) is 7.41. The smallest absolute Gasteiger partial charge is 0.337 e. The molecule has 0 spiro atoms. The van der Waals surface area contributed by atoms with Gasteiger partial charge >= 0.3 is 5.97 Å². The Kier molecular flexibility index (Phi) is 5.56. The van der Waals surface area contributed by atoms with E-state index in [-0.39, 0.29) is 5.97 Å². The molecule has 0 aliphatic carbocycles. The van der Waals surface area contributed by atoms with Gasteiger partial charge in [-0.1, -0.05) is 63.5 Å². The molecule has 2 aromatic rings. The minimum atomic E-state index is -0.327.